The largest absolute Gasteiger partial charge is 0.399 e. The van der Waals surface area contributed by atoms with E-state index in [0.717, 1.165) is 21.4 Å². The lowest BCUT2D eigenvalue weighted by Crippen LogP contribution is -2.01. The average molecular weight is 346 g/mol. The molecule has 1 aromatic heterocycles. The summed E-state index contributed by atoms with van der Waals surface area (Å²) in [6, 6.07) is 12.4. The second-order valence-corrected chi connectivity index (χ2v) is 5.69. The van der Waals surface area contributed by atoms with Gasteiger partial charge in [-0.15, -0.1) is 0 Å². The Morgan fingerprint density at radius 1 is 1.14 bits per heavy atom. The Labute approximate surface area is 130 Å². The molecule has 0 atom stereocenters. The summed E-state index contributed by atoms with van der Waals surface area (Å²) in [7, 11) is 0. The number of hydrogen-bond acceptors (Lipinski definition) is 2. The number of anilines is 1. The highest BCUT2D eigenvalue weighted by Gasteiger charge is 2.07. The molecule has 0 aliphatic carbocycles. The van der Waals surface area contributed by atoms with Gasteiger partial charge in [-0.25, -0.2) is 9.37 Å². The van der Waals surface area contributed by atoms with E-state index < -0.39 is 0 Å². The van der Waals surface area contributed by atoms with Crippen molar-refractivity contribution in [3.8, 4) is 11.4 Å². The molecular weight excluding hydrogens is 333 g/mol. The first-order valence-corrected chi connectivity index (χ1v) is 7.23. The van der Waals surface area contributed by atoms with Gasteiger partial charge in [0.1, 0.15) is 11.6 Å². The molecule has 0 unspecified atom stereocenters. The smallest absolute Gasteiger partial charge is 0.140 e. The van der Waals surface area contributed by atoms with Gasteiger partial charge in [0, 0.05) is 34.7 Å². The molecule has 0 amide bonds. The number of nitrogen functional groups attached to an aromatic ring is 1. The van der Waals surface area contributed by atoms with Crippen LogP contribution in [-0.4, -0.2) is 9.55 Å². The monoisotopic (exact) mass is 345 g/mol. The topological polar surface area (TPSA) is 43.8 Å². The molecule has 106 valence electrons. The number of imidazole rings is 1. The summed E-state index contributed by atoms with van der Waals surface area (Å²) < 4.78 is 16.2. The van der Waals surface area contributed by atoms with Gasteiger partial charge in [0.05, 0.1) is 0 Å². The van der Waals surface area contributed by atoms with Crippen LogP contribution in [0.5, 0.6) is 0 Å². The van der Waals surface area contributed by atoms with Crippen molar-refractivity contribution in [2.45, 2.75) is 6.54 Å². The molecule has 0 aliphatic heterocycles. The van der Waals surface area contributed by atoms with Gasteiger partial charge in [-0.2, -0.15) is 0 Å². The molecule has 0 saturated heterocycles. The minimum absolute atomic E-state index is 0.256. The van der Waals surface area contributed by atoms with Gasteiger partial charge in [-0.1, -0.05) is 15.9 Å². The molecule has 3 rings (SSSR count). The highest BCUT2D eigenvalue weighted by molar-refractivity contribution is 9.10. The van der Waals surface area contributed by atoms with Crippen molar-refractivity contribution >= 4 is 21.6 Å². The highest BCUT2D eigenvalue weighted by atomic mass is 79.9. The van der Waals surface area contributed by atoms with E-state index in [9.17, 15) is 4.39 Å². The molecule has 0 fully saturated rings. The zero-order valence-corrected chi connectivity index (χ0v) is 12.7. The molecule has 0 radical (unpaired) electrons. The van der Waals surface area contributed by atoms with Crippen molar-refractivity contribution in [2.24, 2.45) is 0 Å². The molecular formula is C16H13BrFN3. The summed E-state index contributed by atoms with van der Waals surface area (Å²) in [6.45, 7) is 0.552. The van der Waals surface area contributed by atoms with Crippen LogP contribution in [0, 0.1) is 5.82 Å². The zero-order valence-electron chi connectivity index (χ0n) is 11.1. The fourth-order valence-electron chi connectivity index (χ4n) is 2.23. The van der Waals surface area contributed by atoms with E-state index in [4.69, 9.17) is 5.73 Å². The van der Waals surface area contributed by atoms with Crippen molar-refractivity contribution in [3.63, 3.8) is 0 Å². The molecule has 2 N–H and O–H groups in total. The van der Waals surface area contributed by atoms with Gasteiger partial charge in [0.15, 0.2) is 0 Å². The Bertz CT molecular complexity index is 745. The highest BCUT2D eigenvalue weighted by Crippen LogP contribution is 2.21. The van der Waals surface area contributed by atoms with Crippen molar-refractivity contribution in [1.82, 2.24) is 9.55 Å². The van der Waals surface area contributed by atoms with Crippen molar-refractivity contribution in [1.29, 1.82) is 0 Å². The Balaban J connectivity index is 1.94. The van der Waals surface area contributed by atoms with Crippen LogP contribution in [0.4, 0.5) is 10.1 Å². The third kappa shape index (κ3) is 3.13. The molecule has 3 nitrogen and oxygen atoms in total. The number of halogens is 2. The minimum atomic E-state index is -0.256. The zero-order chi connectivity index (χ0) is 14.8. The summed E-state index contributed by atoms with van der Waals surface area (Å²) in [4.78, 5) is 4.37. The quantitative estimate of drug-likeness (QED) is 0.726. The van der Waals surface area contributed by atoms with Crippen molar-refractivity contribution in [2.75, 3.05) is 5.73 Å². The van der Waals surface area contributed by atoms with Crippen LogP contribution < -0.4 is 5.73 Å². The lowest BCUT2D eigenvalue weighted by Gasteiger charge is -2.09. The van der Waals surface area contributed by atoms with Crippen LogP contribution in [0.2, 0.25) is 0 Å². The molecule has 0 saturated carbocycles. The first-order chi connectivity index (χ1) is 10.1. The molecule has 2 aromatic carbocycles. The Morgan fingerprint density at radius 2 is 1.90 bits per heavy atom. The van der Waals surface area contributed by atoms with Gasteiger partial charge < -0.3 is 10.3 Å². The van der Waals surface area contributed by atoms with E-state index in [0.29, 0.717) is 12.2 Å². The molecule has 1 heterocycles. The first kappa shape index (κ1) is 13.8. The summed E-state index contributed by atoms with van der Waals surface area (Å²) >= 11 is 3.31. The number of hydrogen-bond donors (Lipinski definition) is 1. The summed E-state index contributed by atoms with van der Waals surface area (Å²) in [5.74, 6) is 0.573. The summed E-state index contributed by atoms with van der Waals surface area (Å²) in [5, 5.41) is 0. The van der Waals surface area contributed by atoms with Gasteiger partial charge in [0.25, 0.3) is 0 Å². The molecule has 5 heteroatoms. The van der Waals surface area contributed by atoms with Crippen LogP contribution in [0.15, 0.2) is 59.3 Å². The van der Waals surface area contributed by atoms with Crippen LogP contribution >= 0.6 is 15.9 Å². The van der Waals surface area contributed by atoms with Gasteiger partial charge in [0.2, 0.25) is 0 Å². The van der Waals surface area contributed by atoms with Crippen LogP contribution in [-0.2, 0) is 6.54 Å². The predicted molar refractivity (Wildman–Crippen MR) is 85.3 cm³/mol. The maximum atomic E-state index is 13.5. The Kier molecular flexibility index (Phi) is 3.75. The maximum absolute atomic E-state index is 13.5. The number of nitrogens with two attached hydrogens (primary N) is 1. The molecule has 3 aromatic rings. The van der Waals surface area contributed by atoms with Crippen LogP contribution in [0.25, 0.3) is 11.4 Å². The molecule has 0 bridgehead atoms. The number of aromatic nitrogens is 2. The number of rotatable bonds is 3. The number of nitrogens with zero attached hydrogens (tertiary/aromatic N) is 2. The SMILES string of the molecule is Nc1ccc(-c2nccn2Cc2cc(F)cc(Br)c2)cc1. The van der Waals surface area contributed by atoms with Gasteiger partial charge in [-0.05, 0) is 48.0 Å². The Morgan fingerprint density at radius 3 is 2.62 bits per heavy atom. The summed E-state index contributed by atoms with van der Waals surface area (Å²) in [6.07, 6.45) is 3.62. The van der Waals surface area contributed by atoms with Crippen LogP contribution in [0.3, 0.4) is 0 Å². The van der Waals surface area contributed by atoms with Gasteiger partial charge >= 0.3 is 0 Å². The third-order valence-electron chi connectivity index (χ3n) is 3.16. The third-order valence-corrected chi connectivity index (χ3v) is 3.62. The standard InChI is InChI=1S/C16H13BrFN3/c17-13-7-11(8-14(18)9-13)10-21-6-5-20-16(21)12-1-3-15(19)4-2-12/h1-9H,10,19H2. The minimum Gasteiger partial charge on any atom is -0.399 e. The molecule has 0 spiro atoms. The van der Waals surface area contributed by atoms with E-state index >= 15 is 0 Å². The van der Waals surface area contributed by atoms with E-state index in [1.165, 1.54) is 12.1 Å². The number of benzene rings is 2. The van der Waals surface area contributed by atoms with Crippen molar-refractivity contribution < 1.29 is 4.39 Å². The van der Waals surface area contributed by atoms with E-state index in [1.54, 1.807) is 6.20 Å². The summed E-state index contributed by atoms with van der Waals surface area (Å²) in [5.41, 5.74) is 8.26. The van der Waals surface area contributed by atoms with Crippen molar-refractivity contribution in [3.05, 3.63) is 70.7 Å². The van der Waals surface area contributed by atoms with Gasteiger partial charge in [-0.3, -0.25) is 0 Å². The second-order valence-electron chi connectivity index (χ2n) is 4.78. The Hall–Kier alpha value is -2.14. The first-order valence-electron chi connectivity index (χ1n) is 6.44. The molecule has 21 heavy (non-hydrogen) atoms. The molecule has 0 aliphatic rings. The fraction of sp³-hybridized carbons (Fsp3) is 0.0625. The second kappa shape index (κ2) is 5.69. The normalized spacial score (nSPS) is 10.8. The van der Waals surface area contributed by atoms with E-state index in [-0.39, 0.29) is 5.82 Å². The van der Waals surface area contributed by atoms with E-state index in [2.05, 4.69) is 20.9 Å². The van der Waals surface area contributed by atoms with E-state index in [1.807, 2.05) is 41.1 Å². The maximum Gasteiger partial charge on any atom is 0.140 e. The lowest BCUT2D eigenvalue weighted by atomic mass is 10.2. The average Bonchev–Trinajstić information content (AvgIpc) is 2.86. The fourth-order valence-corrected chi connectivity index (χ4v) is 2.74. The predicted octanol–water partition coefficient (Wildman–Crippen LogP) is 4.08. The van der Waals surface area contributed by atoms with Crippen LogP contribution in [0.1, 0.15) is 5.56 Å². The lowest BCUT2D eigenvalue weighted by molar-refractivity contribution is 0.622.